The summed E-state index contributed by atoms with van der Waals surface area (Å²) in [5.74, 6) is 0.0348. The molecule has 0 saturated heterocycles. The molecule has 37 heavy (non-hydrogen) atoms. The van der Waals surface area contributed by atoms with Gasteiger partial charge >= 0.3 is 0 Å². The van der Waals surface area contributed by atoms with Gasteiger partial charge in [0.05, 0.1) is 11.4 Å². The number of benzene rings is 3. The first-order valence-corrected chi connectivity index (χ1v) is 12.5. The minimum absolute atomic E-state index is 0.126. The van der Waals surface area contributed by atoms with Gasteiger partial charge in [0.25, 0.3) is 0 Å². The molecule has 0 aliphatic heterocycles. The van der Waals surface area contributed by atoms with E-state index in [2.05, 4.69) is 34.7 Å². The zero-order chi connectivity index (χ0) is 26.8. The van der Waals surface area contributed by atoms with Crippen molar-refractivity contribution < 1.29 is 9.59 Å². The fourth-order valence-electron chi connectivity index (χ4n) is 3.72. The van der Waals surface area contributed by atoms with Crippen molar-refractivity contribution in [2.24, 2.45) is 0 Å². The van der Waals surface area contributed by atoms with Gasteiger partial charge in [-0.15, -0.1) is 0 Å². The number of nitrogens with one attached hydrogen (secondary N) is 3. The molecule has 0 aliphatic rings. The average molecular weight is 500 g/mol. The summed E-state index contributed by atoms with van der Waals surface area (Å²) in [7, 11) is 3.99. The molecule has 2 amide bonds. The van der Waals surface area contributed by atoms with Crippen molar-refractivity contribution in [2.45, 2.75) is 25.8 Å². The van der Waals surface area contributed by atoms with Gasteiger partial charge in [0.2, 0.25) is 11.8 Å². The second-order valence-corrected chi connectivity index (χ2v) is 9.53. The molecule has 1 atom stereocenters. The Kier molecular flexibility index (Phi) is 10.0. The lowest BCUT2D eigenvalue weighted by atomic mass is 10.0. The van der Waals surface area contributed by atoms with Gasteiger partial charge < -0.3 is 26.6 Å². The quantitative estimate of drug-likeness (QED) is 0.223. The highest BCUT2D eigenvalue weighted by molar-refractivity contribution is 6.03. The van der Waals surface area contributed by atoms with E-state index in [9.17, 15) is 9.59 Å². The Hall–Kier alpha value is -3.94. The number of likely N-dealkylation sites (N-methyl/N-ethyl adjacent to an activating group) is 1. The molecule has 3 aromatic carbocycles. The number of para-hydroxylation sites is 2. The summed E-state index contributed by atoms with van der Waals surface area (Å²) in [6, 6.07) is 22.1. The van der Waals surface area contributed by atoms with Crippen molar-refractivity contribution in [1.82, 2.24) is 10.2 Å². The van der Waals surface area contributed by atoms with Crippen LogP contribution in [-0.4, -0.2) is 43.9 Å². The summed E-state index contributed by atoms with van der Waals surface area (Å²) in [6.45, 7) is 5.74. The number of nitrogens with zero attached hydrogens (tertiary/aromatic N) is 1. The van der Waals surface area contributed by atoms with E-state index >= 15 is 0 Å². The molecule has 7 nitrogen and oxygen atoms in total. The zero-order valence-electron chi connectivity index (χ0n) is 22.0. The lowest BCUT2D eigenvalue weighted by Gasteiger charge is -2.20. The number of nitrogens with two attached hydrogens (primary N) is 1. The first-order valence-electron chi connectivity index (χ1n) is 12.5. The van der Waals surface area contributed by atoms with E-state index in [1.165, 1.54) is 11.6 Å². The van der Waals surface area contributed by atoms with Gasteiger partial charge in [-0.2, -0.15) is 0 Å². The van der Waals surface area contributed by atoms with Gasteiger partial charge in [0.1, 0.15) is 6.04 Å². The monoisotopic (exact) mass is 499 g/mol. The number of hydrogen-bond acceptors (Lipinski definition) is 5. The summed E-state index contributed by atoms with van der Waals surface area (Å²) >= 11 is 0. The largest absolute Gasteiger partial charge is 0.397 e. The van der Waals surface area contributed by atoms with Gasteiger partial charge in [-0.05, 0) is 67.0 Å². The van der Waals surface area contributed by atoms with Gasteiger partial charge in [0.15, 0.2) is 0 Å². The van der Waals surface area contributed by atoms with E-state index in [4.69, 9.17) is 5.73 Å². The maximum Gasteiger partial charge on any atom is 0.248 e. The van der Waals surface area contributed by atoms with Gasteiger partial charge in [0, 0.05) is 24.9 Å². The molecule has 194 valence electrons. The van der Waals surface area contributed by atoms with E-state index < -0.39 is 6.04 Å². The van der Waals surface area contributed by atoms with Crippen molar-refractivity contribution in [3.8, 4) is 0 Å². The molecule has 3 rings (SSSR count). The Labute approximate surface area is 219 Å². The summed E-state index contributed by atoms with van der Waals surface area (Å²) in [4.78, 5) is 27.6. The third-order valence-electron chi connectivity index (χ3n) is 5.93. The first kappa shape index (κ1) is 27.6. The van der Waals surface area contributed by atoms with Crippen molar-refractivity contribution in [1.29, 1.82) is 0 Å². The average Bonchev–Trinajstić information content (AvgIpc) is 2.87. The van der Waals surface area contributed by atoms with Crippen molar-refractivity contribution >= 4 is 35.0 Å². The predicted molar refractivity (Wildman–Crippen MR) is 153 cm³/mol. The van der Waals surface area contributed by atoms with Crippen LogP contribution in [0.5, 0.6) is 0 Å². The molecular weight excluding hydrogens is 462 g/mol. The predicted octanol–water partition coefficient (Wildman–Crippen LogP) is 4.88. The van der Waals surface area contributed by atoms with Crippen LogP contribution in [0, 0.1) is 0 Å². The third kappa shape index (κ3) is 8.59. The molecule has 0 spiro atoms. The Morgan fingerprint density at radius 1 is 0.892 bits per heavy atom. The summed E-state index contributed by atoms with van der Waals surface area (Å²) in [5, 5.41) is 9.18. The van der Waals surface area contributed by atoms with E-state index in [0.29, 0.717) is 23.8 Å². The van der Waals surface area contributed by atoms with Gasteiger partial charge in [-0.3, -0.25) is 9.59 Å². The third-order valence-corrected chi connectivity index (χ3v) is 5.93. The van der Waals surface area contributed by atoms with Crippen LogP contribution in [0.3, 0.4) is 0 Å². The maximum absolute atomic E-state index is 13.2. The number of anilines is 3. The molecule has 0 aromatic heterocycles. The van der Waals surface area contributed by atoms with Crippen LogP contribution in [0.1, 0.15) is 42.5 Å². The molecule has 7 heteroatoms. The summed E-state index contributed by atoms with van der Waals surface area (Å²) in [5.41, 5.74) is 10.6. The van der Waals surface area contributed by atoms with Gasteiger partial charge in [-0.1, -0.05) is 62.4 Å². The molecule has 5 N–H and O–H groups in total. The van der Waals surface area contributed by atoms with Gasteiger partial charge in [-0.25, -0.2) is 0 Å². The molecule has 0 saturated carbocycles. The Morgan fingerprint density at radius 3 is 2.16 bits per heavy atom. The van der Waals surface area contributed by atoms with E-state index in [1.807, 2.05) is 74.8 Å². The number of carbonyl (C=O) groups excluding carboxylic acids is 2. The highest BCUT2D eigenvalue weighted by Crippen LogP contribution is 2.21. The zero-order valence-corrected chi connectivity index (χ0v) is 22.0. The first-order chi connectivity index (χ1) is 17.7. The summed E-state index contributed by atoms with van der Waals surface area (Å²) < 4.78 is 0. The standard InChI is InChI=1S/C30H37N5O2/c1-21(2)23-14-16-25(17-15-23)33-30(37)29(32-19-20-35(3)4)24-12-9-22(10-13-24)11-18-28(36)34-27-8-6-5-7-26(27)31/h5-18,21,29,32H,19-20,31H2,1-4H3,(H,33,37)(H,34,36). The Morgan fingerprint density at radius 2 is 1.54 bits per heavy atom. The van der Waals surface area contributed by atoms with E-state index in [1.54, 1.807) is 18.2 Å². The SMILES string of the molecule is CC(C)c1ccc(NC(=O)C(NCCN(C)C)c2ccc(C=CC(=O)Nc3ccccc3N)cc2)cc1. The van der Waals surface area contributed by atoms with Crippen LogP contribution in [0.25, 0.3) is 6.08 Å². The van der Waals surface area contributed by atoms with Crippen molar-refractivity contribution in [2.75, 3.05) is 43.6 Å². The van der Waals surface area contributed by atoms with Crippen molar-refractivity contribution in [3.63, 3.8) is 0 Å². The van der Waals surface area contributed by atoms with Crippen LogP contribution in [-0.2, 0) is 9.59 Å². The minimum Gasteiger partial charge on any atom is -0.397 e. The molecule has 0 bridgehead atoms. The number of carbonyl (C=O) groups is 2. The molecular formula is C30H37N5O2. The van der Waals surface area contributed by atoms with Crippen LogP contribution >= 0.6 is 0 Å². The van der Waals surface area contributed by atoms with Crippen LogP contribution in [0.4, 0.5) is 17.1 Å². The van der Waals surface area contributed by atoms with Crippen LogP contribution in [0.2, 0.25) is 0 Å². The molecule has 1 unspecified atom stereocenters. The summed E-state index contributed by atoms with van der Waals surface area (Å²) in [6.07, 6.45) is 3.19. The second-order valence-electron chi connectivity index (χ2n) is 9.53. The van der Waals surface area contributed by atoms with Crippen LogP contribution in [0.15, 0.2) is 78.9 Å². The maximum atomic E-state index is 13.2. The molecule has 0 fully saturated rings. The normalized spacial score (nSPS) is 12.2. The number of amides is 2. The second kappa shape index (κ2) is 13.4. The molecule has 0 heterocycles. The lowest BCUT2D eigenvalue weighted by Crippen LogP contribution is -2.36. The molecule has 0 radical (unpaired) electrons. The topological polar surface area (TPSA) is 99.5 Å². The van der Waals surface area contributed by atoms with E-state index in [-0.39, 0.29) is 11.8 Å². The number of nitrogen functional groups attached to an aromatic ring is 1. The Bertz CT molecular complexity index is 1200. The fraction of sp³-hybridized carbons (Fsp3) is 0.267. The molecule has 0 aliphatic carbocycles. The smallest absolute Gasteiger partial charge is 0.248 e. The lowest BCUT2D eigenvalue weighted by molar-refractivity contribution is -0.118. The van der Waals surface area contributed by atoms with Crippen molar-refractivity contribution in [3.05, 3.63) is 95.6 Å². The van der Waals surface area contributed by atoms with Crippen LogP contribution < -0.4 is 21.7 Å². The minimum atomic E-state index is -0.521. The number of hydrogen-bond donors (Lipinski definition) is 4. The van der Waals surface area contributed by atoms with E-state index in [0.717, 1.165) is 23.4 Å². The highest BCUT2D eigenvalue weighted by atomic mass is 16.2. The fourth-order valence-corrected chi connectivity index (χ4v) is 3.72. The molecule has 3 aromatic rings. The Balaban J connectivity index is 1.69. The number of rotatable bonds is 11. The highest BCUT2D eigenvalue weighted by Gasteiger charge is 2.20.